The molecule has 86 valence electrons. The number of benzene rings is 1. The molecule has 0 saturated carbocycles. The van der Waals surface area contributed by atoms with Crippen LogP contribution >= 0.6 is 0 Å². The van der Waals surface area contributed by atoms with E-state index in [1.165, 1.54) is 18.5 Å². The Labute approximate surface area is 97.3 Å². The molecular weight excluding hydrogens is 198 g/mol. The summed E-state index contributed by atoms with van der Waals surface area (Å²) in [5.74, 6) is 0.839. The molecule has 1 aromatic carbocycles. The SMILES string of the molecule is CCC1CCN(c2ccc(C=O)c(C)c2)C1. The van der Waals surface area contributed by atoms with Gasteiger partial charge in [0.15, 0.2) is 0 Å². The average molecular weight is 217 g/mol. The number of carbonyl (C=O) groups excluding carboxylic acids is 1. The molecule has 0 spiro atoms. The molecular formula is C14H19NO. The molecule has 16 heavy (non-hydrogen) atoms. The summed E-state index contributed by atoms with van der Waals surface area (Å²) in [6.45, 7) is 6.57. The number of nitrogens with zero attached hydrogens (tertiary/aromatic N) is 1. The second kappa shape index (κ2) is 4.69. The minimum atomic E-state index is 0.801. The van der Waals surface area contributed by atoms with Crippen molar-refractivity contribution in [2.45, 2.75) is 26.7 Å². The molecule has 1 heterocycles. The number of hydrogen-bond acceptors (Lipinski definition) is 2. The van der Waals surface area contributed by atoms with E-state index in [-0.39, 0.29) is 0 Å². The molecule has 2 heteroatoms. The molecule has 0 amide bonds. The number of aryl methyl sites for hydroxylation is 1. The van der Waals surface area contributed by atoms with Crippen LogP contribution in [0, 0.1) is 12.8 Å². The van der Waals surface area contributed by atoms with E-state index in [0.717, 1.165) is 36.4 Å². The summed E-state index contributed by atoms with van der Waals surface area (Å²) in [6.07, 6.45) is 3.49. The summed E-state index contributed by atoms with van der Waals surface area (Å²) < 4.78 is 0. The van der Waals surface area contributed by atoms with E-state index in [0.29, 0.717) is 0 Å². The van der Waals surface area contributed by atoms with Crippen molar-refractivity contribution in [2.24, 2.45) is 5.92 Å². The molecule has 0 N–H and O–H groups in total. The summed E-state index contributed by atoms with van der Waals surface area (Å²) in [4.78, 5) is 13.2. The zero-order valence-electron chi connectivity index (χ0n) is 10.1. The number of carbonyl (C=O) groups is 1. The lowest BCUT2D eigenvalue weighted by molar-refractivity contribution is 0.112. The lowest BCUT2D eigenvalue weighted by Gasteiger charge is -2.19. The molecule has 1 fully saturated rings. The van der Waals surface area contributed by atoms with Gasteiger partial charge in [-0.15, -0.1) is 0 Å². The first-order chi connectivity index (χ1) is 7.74. The largest absolute Gasteiger partial charge is 0.371 e. The number of aldehydes is 1. The molecule has 0 radical (unpaired) electrons. The van der Waals surface area contributed by atoms with Crippen molar-refractivity contribution in [3.05, 3.63) is 29.3 Å². The van der Waals surface area contributed by atoms with Crippen LogP contribution in [0.15, 0.2) is 18.2 Å². The Kier molecular flexibility index (Phi) is 3.28. The van der Waals surface area contributed by atoms with Gasteiger partial charge in [0, 0.05) is 24.3 Å². The van der Waals surface area contributed by atoms with Gasteiger partial charge in [-0.05, 0) is 43.0 Å². The molecule has 0 bridgehead atoms. The molecule has 0 aliphatic carbocycles. The average Bonchev–Trinajstić information content (AvgIpc) is 2.77. The van der Waals surface area contributed by atoms with Crippen LogP contribution in [0.3, 0.4) is 0 Å². The summed E-state index contributed by atoms with van der Waals surface area (Å²) in [6, 6.07) is 6.12. The van der Waals surface area contributed by atoms with E-state index in [1.807, 2.05) is 13.0 Å². The summed E-state index contributed by atoms with van der Waals surface area (Å²) in [5.41, 5.74) is 3.14. The van der Waals surface area contributed by atoms with Crippen LogP contribution in [0.25, 0.3) is 0 Å². The molecule has 2 nitrogen and oxygen atoms in total. The van der Waals surface area contributed by atoms with Crippen molar-refractivity contribution < 1.29 is 4.79 Å². The molecule has 2 rings (SSSR count). The van der Waals surface area contributed by atoms with Gasteiger partial charge in [0.2, 0.25) is 0 Å². The van der Waals surface area contributed by atoms with E-state index < -0.39 is 0 Å². The van der Waals surface area contributed by atoms with E-state index >= 15 is 0 Å². The normalized spacial score (nSPS) is 20.1. The third-order valence-corrected chi connectivity index (χ3v) is 3.61. The predicted molar refractivity (Wildman–Crippen MR) is 67.2 cm³/mol. The first kappa shape index (κ1) is 11.2. The lowest BCUT2D eigenvalue weighted by atomic mass is 10.1. The molecule has 0 aromatic heterocycles. The highest BCUT2D eigenvalue weighted by atomic mass is 16.1. The molecule has 1 aliphatic heterocycles. The highest BCUT2D eigenvalue weighted by molar-refractivity contribution is 5.78. The molecule has 1 aromatic rings. The van der Waals surface area contributed by atoms with Crippen LogP contribution in [-0.4, -0.2) is 19.4 Å². The van der Waals surface area contributed by atoms with E-state index in [1.54, 1.807) is 0 Å². The number of hydrogen-bond donors (Lipinski definition) is 0. The third-order valence-electron chi connectivity index (χ3n) is 3.61. The lowest BCUT2D eigenvalue weighted by Crippen LogP contribution is -2.19. The fraction of sp³-hybridized carbons (Fsp3) is 0.500. The van der Waals surface area contributed by atoms with Crippen LogP contribution in [0.4, 0.5) is 5.69 Å². The van der Waals surface area contributed by atoms with E-state index in [2.05, 4.69) is 24.0 Å². The Morgan fingerprint density at radius 3 is 2.88 bits per heavy atom. The van der Waals surface area contributed by atoms with Crippen LogP contribution in [0.5, 0.6) is 0 Å². The van der Waals surface area contributed by atoms with Gasteiger partial charge in [0.05, 0.1) is 0 Å². The summed E-state index contributed by atoms with van der Waals surface area (Å²) in [5, 5.41) is 0. The smallest absolute Gasteiger partial charge is 0.150 e. The first-order valence-electron chi connectivity index (χ1n) is 6.05. The minimum Gasteiger partial charge on any atom is -0.371 e. The summed E-state index contributed by atoms with van der Waals surface area (Å²) in [7, 11) is 0. The zero-order chi connectivity index (χ0) is 11.5. The first-order valence-corrected chi connectivity index (χ1v) is 6.05. The van der Waals surface area contributed by atoms with Crippen LogP contribution in [0.2, 0.25) is 0 Å². The second-order valence-corrected chi connectivity index (χ2v) is 4.67. The highest BCUT2D eigenvalue weighted by Gasteiger charge is 2.21. The Morgan fingerprint density at radius 2 is 2.31 bits per heavy atom. The molecule has 1 atom stereocenters. The van der Waals surface area contributed by atoms with Crippen molar-refractivity contribution in [3.8, 4) is 0 Å². The molecule has 1 unspecified atom stereocenters. The third kappa shape index (κ3) is 2.11. The van der Waals surface area contributed by atoms with E-state index in [9.17, 15) is 4.79 Å². The Hall–Kier alpha value is -1.31. The van der Waals surface area contributed by atoms with Gasteiger partial charge in [0.1, 0.15) is 6.29 Å². The topological polar surface area (TPSA) is 20.3 Å². The Balaban J connectivity index is 2.16. The van der Waals surface area contributed by atoms with Crippen molar-refractivity contribution in [1.82, 2.24) is 0 Å². The number of rotatable bonds is 3. The van der Waals surface area contributed by atoms with Gasteiger partial charge < -0.3 is 4.90 Å². The maximum atomic E-state index is 10.7. The second-order valence-electron chi connectivity index (χ2n) is 4.67. The van der Waals surface area contributed by atoms with Gasteiger partial charge in [-0.2, -0.15) is 0 Å². The number of anilines is 1. The fourth-order valence-electron chi connectivity index (χ4n) is 2.39. The van der Waals surface area contributed by atoms with E-state index in [4.69, 9.17) is 0 Å². The van der Waals surface area contributed by atoms with Gasteiger partial charge in [-0.3, -0.25) is 4.79 Å². The minimum absolute atomic E-state index is 0.801. The Bertz CT molecular complexity index is 386. The predicted octanol–water partition coefficient (Wildman–Crippen LogP) is 3.04. The van der Waals surface area contributed by atoms with Crippen molar-refractivity contribution in [1.29, 1.82) is 0 Å². The van der Waals surface area contributed by atoms with Gasteiger partial charge in [-0.25, -0.2) is 0 Å². The monoisotopic (exact) mass is 217 g/mol. The maximum absolute atomic E-state index is 10.7. The zero-order valence-corrected chi connectivity index (χ0v) is 10.1. The van der Waals surface area contributed by atoms with Gasteiger partial charge in [0.25, 0.3) is 0 Å². The van der Waals surface area contributed by atoms with Crippen molar-refractivity contribution in [3.63, 3.8) is 0 Å². The van der Waals surface area contributed by atoms with Crippen LogP contribution < -0.4 is 4.90 Å². The van der Waals surface area contributed by atoms with Crippen molar-refractivity contribution >= 4 is 12.0 Å². The summed E-state index contributed by atoms with van der Waals surface area (Å²) >= 11 is 0. The Morgan fingerprint density at radius 1 is 1.50 bits per heavy atom. The highest BCUT2D eigenvalue weighted by Crippen LogP contribution is 2.26. The van der Waals surface area contributed by atoms with Crippen LogP contribution in [-0.2, 0) is 0 Å². The molecule has 1 saturated heterocycles. The van der Waals surface area contributed by atoms with Crippen molar-refractivity contribution in [2.75, 3.05) is 18.0 Å². The van der Waals surface area contributed by atoms with Gasteiger partial charge >= 0.3 is 0 Å². The fourth-order valence-corrected chi connectivity index (χ4v) is 2.39. The quantitative estimate of drug-likeness (QED) is 0.725. The molecule has 1 aliphatic rings. The standard InChI is InChI=1S/C14H19NO/c1-3-12-6-7-15(9-12)14-5-4-13(10-16)11(2)8-14/h4-5,8,10,12H,3,6-7,9H2,1-2H3. The van der Waals surface area contributed by atoms with Gasteiger partial charge in [-0.1, -0.05) is 13.3 Å². The van der Waals surface area contributed by atoms with Crippen LogP contribution in [0.1, 0.15) is 35.7 Å². The maximum Gasteiger partial charge on any atom is 0.150 e.